The highest BCUT2D eigenvalue weighted by Gasteiger charge is 2.58. The summed E-state index contributed by atoms with van der Waals surface area (Å²) in [7, 11) is 1.81. The number of ether oxygens (including phenoxy) is 1. The predicted octanol–water partition coefficient (Wildman–Crippen LogP) is 2.61. The molecule has 4 amide bonds. The summed E-state index contributed by atoms with van der Waals surface area (Å²) in [6.45, 7) is -0.0714. The Morgan fingerprint density at radius 1 is 1.20 bits per heavy atom. The third-order valence-electron chi connectivity index (χ3n) is 8.54. The molecule has 40 heavy (non-hydrogen) atoms. The fourth-order valence-corrected chi connectivity index (χ4v) is 6.33. The highest BCUT2D eigenvalue weighted by Crippen LogP contribution is 2.48. The number of urea groups is 1. The SMILES string of the molecule is Cn1cc(-c2ccc3c(c2)C(O)C[C@@]32NC(=O)N(CC(=O)N3Cc4cc(F)ccc4OC[C@H]3C3CC3)C2=O)cn1. The van der Waals surface area contributed by atoms with Crippen LogP contribution in [0.15, 0.2) is 48.8 Å². The molecular formula is C29H28FN5O5. The number of amides is 4. The molecule has 2 aliphatic carbocycles. The van der Waals surface area contributed by atoms with E-state index in [9.17, 15) is 23.9 Å². The van der Waals surface area contributed by atoms with E-state index in [1.807, 2.05) is 25.4 Å². The van der Waals surface area contributed by atoms with Crippen molar-refractivity contribution in [2.75, 3.05) is 13.2 Å². The molecule has 11 heteroatoms. The lowest BCUT2D eigenvalue weighted by Gasteiger charge is -2.30. The number of nitrogens with one attached hydrogen (secondary N) is 1. The van der Waals surface area contributed by atoms with Gasteiger partial charge in [0, 0.05) is 37.3 Å². The number of rotatable bonds is 4. The Morgan fingerprint density at radius 2 is 2.02 bits per heavy atom. The molecule has 1 unspecified atom stereocenters. The highest BCUT2D eigenvalue weighted by molar-refractivity contribution is 6.10. The second kappa shape index (κ2) is 8.88. The van der Waals surface area contributed by atoms with Gasteiger partial charge in [0.25, 0.3) is 5.91 Å². The molecule has 206 valence electrons. The topological polar surface area (TPSA) is 117 Å². The summed E-state index contributed by atoms with van der Waals surface area (Å²) in [4.78, 5) is 43.3. The molecule has 3 atom stereocenters. The molecule has 2 aliphatic heterocycles. The number of imide groups is 1. The Kier molecular flexibility index (Phi) is 5.50. The molecule has 2 fully saturated rings. The third-order valence-corrected chi connectivity index (χ3v) is 8.54. The predicted molar refractivity (Wildman–Crippen MR) is 139 cm³/mol. The van der Waals surface area contributed by atoms with Gasteiger partial charge in [0.05, 0.1) is 18.3 Å². The number of nitrogens with zero attached hydrogens (tertiary/aromatic N) is 4. The van der Waals surface area contributed by atoms with Crippen molar-refractivity contribution in [3.05, 3.63) is 71.3 Å². The van der Waals surface area contributed by atoms with Gasteiger partial charge in [-0.1, -0.05) is 12.1 Å². The van der Waals surface area contributed by atoms with Crippen molar-refractivity contribution in [2.24, 2.45) is 13.0 Å². The third kappa shape index (κ3) is 3.87. The molecule has 4 aliphatic rings. The first-order valence-electron chi connectivity index (χ1n) is 13.4. The lowest BCUT2D eigenvalue weighted by molar-refractivity contribution is -0.141. The number of aliphatic hydroxyl groups excluding tert-OH is 1. The number of fused-ring (bicyclic) bond motifs is 3. The number of aromatic nitrogens is 2. The number of halogens is 1. The molecule has 0 radical (unpaired) electrons. The summed E-state index contributed by atoms with van der Waals surface area (Å²) in [5, 5.41) is 17.9. The van der Waals surface area contributed by atoms with Gasteiger partial charge >= 0.3 is 6.03 Å². The van der Waals surface area contributed by atoms with E-state index in [0.717, 1.165) is 28.9 Å². The summed E-state index contributed by atoms with van der Waals surface area (Å²) in [5.74, 6) is -0.634. The van der Waals surface area contributed by atoms with Gasteiger partial charge in [-0.2, -0.15) is 5.10 Å². The number of aliphatic hydroxyl groups is 1. The van der Waals surface area contributed by atoms with Crippen LogP contribution in [0.2, 0.25) is 0 Å². The minimum Gasteiger partial charge on any atom is -0.491 e. The van der Waals surface area contributed by atoms with Crippen LogP contribution in [0, 0.1) is 11.7 Å². The maximum atomic E-state index is 14.0. The van der Waals surface area contributed by atoms with Crippen LogP contribution in [0.5, 0.6) is 5.75 Å². The minimum absolute atomic E-state index is 0.0248. The molecule has 1 spiro atoms. The molecule has 7 rings (SSSR count). The van der Waals surface area contributed by atoms with Crippen molar-refractivity contribution in [1.82, 2.24) is 24.9 Å². The van der Waals surface area contributed by atoms with Crippen LogP contribution in [-0.4, -0.2) is 61.7 Å². The summed E-state index contributed by atoms with van der Waals surface area (Å²) in [6, 6.07) is 8.70. The number of aryl methyl sites for hydroxylation is 1. The molecule has 2 N–H and O–H groups in total. The fraction of sp³-hybridized carbons (Fsp3) is 0.379. The van der Waals surface area contributed by atoms with E-state index in [0.29, 0.717) is 22.4 Å². The summed E-state index contributed by atoms with van der Waals surface area (Å²) >= 11 is 0. The molecule has 3 aromatic rings. The number of hydrogen-bond donors (Lipinski definition) is 2. The van der Waals surface area contributed by atoms with Crippen molar-refractivity contribution in [2.45, 2.75) is 43.5 Å². The quantitative estimate of drug-likeness (QED) is 0.487. The Labute approximate surface area is 229 Å². The van der Waals surface area contributed by atoms with Gasteiger partial charge in [0.15, 0.2) is 0 Å². The Bertz CT molecular complexity index is 1570. The van der Waals surface area contributed by atoms with Crippen molar-refractivity contribution in [3.8, 4) is 16.9 Å². The van der Waals surface area contributed by atoms with Gasteiger partial charge in [-0.15, -0.1) is 0 Å². The van der Waals surface area contributed by atoms with Crippen molar-refractivity contribution in [3.63, 3.8) is 0 Å². The zero-order chi connectivity index (χ0) is 27.8. The van der Waals surface area contributed by atoms with Gasteiger partial charge in [0.1, 0.15) is 30.3 Å². The number of hydrogen-bond acceptors (Lipinski definition) is 6. The van der Waals surface area contributed by atoms with E-state index in [1.165, 1.54) is 12.1 Å². The summed E-state index contributed by atoms with van der Waals surface area (Å²) in [6.07, 6.45) is 4.46. The Morgan fingerprint density at radius 3 is 2.77 bits per heavy atom. The van der Waals surface area contributed by atoms with Crippen LogP contribution < -0.4 is 10.1 Å². The molecule has 1 saturated carbocycles. The van der Waals surface area contributed by atoms with Crippen LogP contribution in [-0.2, 0) is 28.7 Å². The van der Waals surface area contributed by atoms with Crippen molar-refractivity contribution in [1.29, 1.82) is 0 Å². The van der Waals surface area contributed by atoms with E-state index in [1.54, 1.807) is 27.9 Å². The molecule has 1 aromatic heterocycles. The lowest BCUT2D eigenvalue weighted by Crippen LogP contribution is -2.49. The van der Waals surface area contributed by atoms with Crippen molar-refractivity contribution < 1.29 is 28.6 Å². The first-order chi connectivity index (χ1) is 19.2. The van der Waals surface area contributed by atoms with Crippen LogP contribution in [0.1, 0.15) is 42.1 Å². The Hall–Kier alpha value is -4.25. The van der Waals surface area contributed by atoms with E-state index < -0.39 is 41.9 Å². The standard InChI is InChI=1S/C29H28FN5O5/c1-33-12-19(11-31-33)17-4-6-22-21(9-17)24(36)10-29(22)27(38)35(28(39)32-29)14-26(37)34-13-18-8-20(30)5-7-25(18)40-15-23(34)16-2-3-16/h4-9,11-12,16,23-24,36H,2-3,10,13-15H2,1H3,(H,32,39)/t23-,24?,29+/m0/s1. The van der Waals surface area contributed by atoms with E-state index in [-0.39, 0.29) is 31.5 Å². The minimum atomic E-state index is -1.45. The molecule has 2 aromatic carbocycles. The molecule has 10 nitrogen and oxygen atoms in total. The van der Waals surface area contributed by atoms with E-state index in [2.05, 4.69) is 10.4 Å². The van der Waals surface area contributed by atoms with Crippen LogP contribution in [0.3, 0.4) is 0 Å². The zero-order valence-electron chi connectivity index (χ0n) is 21.8. The maximum Gasteiger partial charge on any atom is 0.325 e. The highest BCUT2D eigenvalue weighted by atomic mass is 19.1. The molecule has 1 saturated heterocycles. The van der Waals surface area contributed by atoms with E-state index >= 15 is 0 Å². The average molecular weight is 546 g/mol. The molecular weight excluding hydrogens is 517 g/mol. The molecule has 3 heterocycles. The first-order valence-corrected chi connectivity index (χ1v) is 13.4. The second-order valence-corrected chi connectivity index (χ2v) is 11.1. The van der Waals surface area contributed by atoms with Crippen LogP contribution in [0.25, 0.3) is 11.1 Å². The van der Waals surface area contributed by atoms with Crippen LogP contribution in [0.4, 0.5) is 9.18 Å². The Balaban J connectivity index is 1.16. The number of carbonyl (C=O) groups is 3. The maximum absolute atomic E-state index is 14.0. The summed E-state index contributed by atoms with van der Waals surface area (Å²) in [5.41, 5.74) is 1.86. The van der Waals surface area contributed by atoms with Gasteiger partial charge in [-0.3, -0.25) is 19.2 Å². The number of carbonyl (C=O) groups excluding carboxylic acids is 3. The largest absolute Gasteiger partial charge is 0.491 e. The van der Waals surface area contributed by atoms with Gasteiger partial charge in [0.2, 0.25) is 5.91 Å². The monoisotopic (exact) mass is 545 g/mol. The molecule has 0 bridgehead atoms. The smallest absolute Gasteiger partial charge is 0.325 e. The number of benzene rings is 2. The van der Waals surface area contributed by atoms with Crippen molar-refractivity contribution >= 4 is 17.8 Å². The summed E-state index contributed by atoms with van der Waals surface area (Å²) < 4.78 is 21.6. The van der Waals surface area contributed by atoms with Gasteiger partial charge < -0.3 is 20.1 Å². The zero-order valence-corrected chi connectivity index (χ0v) is 21.8. The average Bonchev–Trinajstić information content (AvgIpc) is 3.60. The van der Waals surface area contributed by atoms with E-state index in [4.69, 9.17) is 4.74 Å². The second-order valence-electron chi connectivity index (χ2n) is 11.1. The van der Waals surface area contributed by atoms with Gasteiger partial charge in [-0.25, -0.2) is 9.18 Å². The fourth-order valence-electron chi connectivity index (χ4n) is 6.33. The first kappa shape index (κ1) is 24.8. The van der Waals surface area contributed by atoms with Gasteiger partial charge in [-0.05, 0) is 59.7 Å². The lowest BCUT2D eigenvalue weighted by atomic mass is 9.90. The normalized spacial score (nSPS) is 25.5. The van der Waals surface area contributed by atoms with Crippen LogP contribution >= 0.6 is 0 Å².